The first-order chi connectivity index (χ1) is 7.30. The predicted molar refractivity (Wildman–Crippen MR) is 66.9 cm³/mol. The van der Waals surface area contributed by atoms with Crippen LogP contribution in [-0.4, -0.2) is 56.6 Å². The lowest BCUT2D eigenvalue weighted by atomic mass is 9.97. The van der Waals surface area contributed by atoms with E-state index in [0.29, 0.717) is 25.0 Å². The Balaban J connectivity index is 2.38. The molecule has 4 nitrogen and oxygen atoms in total. The van der Waals surface area contributed by atoms with Gasteiger partial charge in [0.1, 0.15) is 0 Å². The van der Waals surface area contributed by atoms with Gasteiger partial charge in [-0.25, -0.2) is 12.7 Å². The summed E-state index contributed by atoms with van der Waals surface area (Å²) < 4.78 is 24.3. The SMILES string of the molecule is CC(C)N(C)CC1CCN(S(C)(=O)=O)CC1. The second-order valence-electron chi connectivity index (χ2n) is 5.14. The highest BCUT2D eigenvalue weighted by atomic mass is 32.2. The van der Waals surface area contributed by atoms with Crippen molar-refractivity contribution in [3.63, 3.8) is 0 Å². The minimum Gasteiger partial charge on any atom is -0.304 e. The molecule has 0 unspecified atom stereocenters. The Bertz CT molecular complexity index is 306. The minimum absolute atomic E-state index is 0.563. The van der Waals surface area contributed by atoms with E-state index in [2.05, 4.69) is 25.8 Å². The van der Waals surface area contributed by atoms with E-state index in [1.54, 1.807) is 4.31 Å². The number of hydrogen-bond donors (Lipinski definition) is 0. The number of nitrogens with zero attached hydrogens (tertiary/aromatic N) is 2. The normalized spacial score (nSPS) is 20.9. The van der Waals surface area contributed by atoms with Crippen molar-refractivity contribution in [2.45, 2.75) is 32.7 Å². The highest BCUT2D eigenvalue weighted by molar-refractivity contribution is 7.88. The van der Waals surface area contributed by atoms with Crippen LogP contribution in [0.3, 0.4) is 0 Å². The summed E-state index contributed by atoms with van der Waals surface area (Å²) >= 11 is 0. The smallest absolute Gasteiger partial charge is 0.211 e. The first-order valence-electron chi connectivity index (χ1n) is 5.96. The third kappa shape index (κ3) is 4.03. The summed E-state index contributed by atoms with van der Waals surface area (Å²) in [5, 5.41) is 0. The average molecular weight is 248 g/mol. The molecule has 5 heteroatoms. The summed E-state index contributed by atoms with van der Waals surface area (Å²) in [6.07, 6.45) is 3.28. The molecular weight excluding hydrogens is 224 g/mol. The van der Waals surface area contributed by atoms with Gasteiger partial charge in [-0.2, -0.15) is 0 Å². The molecule has 0 amide bonds. The van der Waals surface area contributed by atoms with Gasteiger partial charge in [-0.05, 0) is 39.7 Å². The zero-order valence-corrected chi connectivity index (χ0v) is 11.6. The van der Waals surface area contributed by atoms with Crippen molar-refractivity contribution in [1.82, 2.24) is 9.21 Å². The molecule has 0 atom stereocenters. The van der Waals surface area contributed by atoms with Crippen LogP contribution in [0.2, 0.25) is 0 Å². The molecule has 96 valence electrons. The first kappa shape index (κ1) is 13.9. The van der Waals surface area contributed by atoms with Gasteiger partial charge in [0.2, 0.25) is 10.0 Å². The van der Waals surface area contributed by atoms with Gasteiger partial charge in [0.05, 0.1) is 6.26 Å². The Labute approximate surface area is 99.7 Å². The summed E-state index contributed by atoms with van der Waals surface area (Å²) in [6, 6.07) is 0.563. The molecule has 0 aliphatic carbocycles. The van der Waals surface area contributed by atoms with Crippen LogP contribution in [0.25, 0.3) is 0 Å². The van der Waals surface area contributed by atoms with E-state index < -0.39 is 10.0 Å². The molecule has 1 aliphatic heterocycles. The number of rotatable bonds is 4. The maximum absolute atomic E-state index is 11.3. The van der Waals surface area contributed by atoms with Gasteiger partial charge in [0.25, 0.3) is 0 Å². The van der Waals surface area contributed by atoms with Gasteiger partial charge < -0.3 is 4.90 Å². The fraction of sp³-hybridized carbons (Fsp3) is 1.00. The summed E-state index contributed by atoms with van der Waals surface area (Å²) in [5.74, 6) is 0.644. The van der Waals surface area contributed by atoms with Crippen LogP contribution >= 0.6 is 0 Å². The Kier molecular flexibility index (Phi) is 4.76. The highest BCUT2D eigenvalue weighted by Gasteiger charge is 2.25. The molecule has 0 aromatic heterocycles. The van der Waals surface area contributed by atoms with E-state index in [9.17, 15) is 8.42 Å². The van der Waals surface area contributed by atoms with Crippen molar-refractivity contribution in [1.29, 1.82) is 0 Å². The van der Waals surface area contributed by atoms with Crippen molar-refractivity contribution in [3.8, 4) is 0 Å². The highest BCUT2D eigenvalue weighted by Crippen LogP contribution is 2.20. The van der Waals surface area contributed by atoms with Gasteiger partial charge >= 0.3 is 0 Å². The van der Waals surface area contributed by atoms with E-state index in [4.69, 9.17) is 0 Å². The molecule has 1 rings (SSSR count). The van der Waals surface area contributed by atoms with Crippen LogP contribution in [-0.2, 0) is 10.0 Å². The van der Waals surface area contributed by atoms with Crippen molar-refractivity contribution < 1.29 is 8.42 Å². The van der Waals surface area contributed by atoms with Crippen LogP contribution in [0.4, 0.5) is 0 Å². The summed E-state index contributed by atoms with van der Waals surface area (Å²) in [4.78, 5) is 2.33. The lowest BCUT2D eigenvalue weighted by molar-refractivity contribution is 0.182. The Hall–Kier alpha value is -0.130. The van der Waals surface area contributed by atoms with Gasteiger partial charge in [0, 0.05) is 25.7 Å². The number of hydrogen-bond acceptors (Lipinski definition) is 3. The van der Waals surface area contributed by atoms with Gasteiger partial charge in [0.15, 0.2) is 0 Å². The third-order valence-electron chi connectivity index (χ3n) is 3.47. The predicted octanol–water partition coefficient (Wildman–Crippen LogP) is 0.998. The van der Waals surface area contributed by atoms with Crippen LogP contribution in [0.1, 0.15) is 26.7 Å². The Morgan fingerprint density at radius 2 is 1.81 bits per heavy atom. The molecular formula is C11H24N2O2S. The number of sulfonamides is 1. The maximum atomic E-state index is 11.3. The molecule has 0 aromatic carbocycles. The van der Waals surface area contributed by atoms with E-state index in [0.717, 1.165) is 19.4 Å². The molecule has 0 aromatic rings. The van der Waals surface area contributed by atoms with E-state index in [-0.39, 0.29) is 0 Å². The van der Waals surface area contributed by atoms with E-state index in [1.165, 1.54) is 6.26 Å². The molecule has 0 bridgehead atoms. The van der Waals surface area contributed by atoms with Crippen molar-refractivity contribution in [2.75, 3.05) is 32.9 Å². The fourth-order valence-corrected chi connectivity index (χ4v) is 2.92. The first-order valence-corrected chi connectivity index (χ1v) is 7.81. The Morgan fingerprint density at radius 3 is 2.19 bits per heavy atom. The van der Waals surface area contributed by atoms with Gasteiger partial charge in [-0.3, -0.25) is 0 Å². The van der Waals surface area contributed by atoms with Crippen LogP contribution in [0, 0.1) is 5.92 Å². The molecule has 0 radical (unpaired) electrons. The van der Waals surface area contributed by atoms with E-state index in [1.807, 2.05) is 0 Å². The van der Waals surface area contributed by atoms with E-state index >= 15 is 0 Å². The topological polar surface area (TPSA) is 40.6 Å². The average Bonchev–Trinajstić information content (AvgIpc) is 2.17. The molecule has 16 heavy (non-hydrogen) atoms. The molecule has 1 fully saturated rings. The van der Waals surface area contributed by atoms with Gasteiger partial charge in [-0.15, -0.1) is 0 Å². The summed E-state index contributed by atoms with van der Waals surface area (Å²) in [7, 11) is -0.842. The molecule has 0 saturated carbocycles. The largest absolute Gasteiger partial charge is 0.304 e. The molecule has 1 aliphatic rings. The van der Waals surface area contributed by atoms with Crippen molar-refractivity contribution in [3.05, 3.63) is 0 Å². The van der Waals surface area contributed by atoms with Crippen LogP contribution in [0.5, 0.6) is 0 Å². The zero-order valence-electron chi connectivity index (χ0n) is 10.8. The lowest BCUT2D eigenvalue weighted by Gasteiger charge is -2.33. The zero-order chi connectivity index (χ0) is 12.3. The second-order valence-corrected chi connectivity index (χ2v) is 7.12. The third-order valence-corrected chi connectivity index (χ3v) is 4.77. The molecule has 1 saturated heterocycles. The number of piperidine rings is 1. The quantitative estimate of drug-likeness (QED) is 0.745. The fourth-order valence-electron chi connectivity index (χ4n) is 2.04. The van der Waals surface area contributed by atoms with Gasteiger partial charge in [-0.1, -0.05) is 0 Å². The molecule has 0 N–H and O–H groups in total. The maximum Gasteiger partial charge on any atom is 0.211 e. The second kappa shape index (κ2) is 5.47. The van der Waals surface area contributed by atoms with Crippen LogP contribution in [0.15, 0.2) is 0 Å². The standard InChI is InChI=1S/C11H24N2O2S/c1-10(2)12(3)9-11-5-7-13(8-6-11)16(4,14)15/h10-11H,5-9H2,1-4H3. The minimum atomic E-state index is -2.97. The lowest BCUT2D eigenvalue weighted by Crippen LogP contribution is -2.41. The Morgan fingerprint density at radius 1 is 1.31 bits per heavy atom. The molecule has 0 spiro atoms. The summed E-state index contributed by atoms with van der Waals surface area (Å²) in [5.41, 5.74) is 0. The molecule has 1 heterocycles. The van der Waals surface area contributed by atoms with Crippen LogP contribution < -0.4 is 0 Å². The van der Waals surface area contributed by atoms with Crippen molar-refractivity contribution in [2.24, 2.45) is 5.92 Å². The summed E-state index contributed by atoms with van der Waals surface area (Å²) in [6.45, 7) is 6.83. The van der Waals surface area contributed by atoms with Crippen molar-refractivity contribution >= 4 is 10.0 Å². The monoisotopic (exact) mass is 248 g/mol.